The lowest BCUT2D eigenvalue weighted by Gasteiger charge is -2.02. The second kappa shape index (κ2) is 6.59. The maximum atomic E-state index is 11.8. The molecule has 1 aromatic carbocycles. The lowest BCUT2D eigenvalue weighted by molar-refractivity contribution is -0.111. The standard InChI is InChI=1S/C14H13Cl2N3O/c1-2-9-8-17-19-14(9)18-13(20)7-6-10-11(15)4-3-5-12(10)16/h3-8H,2H2,1H3,(H2,17,18,19,20)/b7-6+. The minimum atomic E-state index is -0.278. The number of hydrogen-bond acceptors (Lipinski definition) is 2. The highest BCUT2D eigenvalue weighted by molar-refractivity contribution is 6.37. The minimum Gasteiger partial charge on any atom is -0.307 e. The fourth-order valence-electron chi connectivity index (χ4n) is 1.68. The Morgan fingerprint density at radius 3 is 2.75 bits per heavy atom. The van der Waals surface area contributed by atoms with E-state index in [2.05, 4.69) is 15.5 Å². The number of carbonyl (C=O) groups excluding carboxylic acids is 1. The van der Waals surface area contributed by atoms with Crippen LogP contribution in [0.4, 0.5) is 5.82 Å². The van der Waals surface area contributed by atoms with Crippen molar-refractivity contribution in [3.8, 4) is 0 Å². The van der Waals surface area contributed by atoms with Crippen molar-refractivity contribution in [2.75, 3.05) is 5.32 Å². The number of hydrogen-bond donors (Lipinski definition) is 2. The Kier molecular flexibility index (Phi) is 4.82. The molecule has 20 heavy (non-hydrogen) atoms. The molecule has 2 aromatic rings. The van der Waals surface area contributed by atoms with Gasteiger partial charge in [0, 0.05) is 27.2 Å². The summed E-state index contributed by atoms with van der Waals surface area (Å²) >= 11 is 12.0. The predicted octanol–water partition coefficient (Wildman–Crippen LogP) is 3.93. The summed E-state index contributed by atoms with van der Waals surface area (Å²) in [6, 6.07) is 5.18. The second-order valence-electron chi connectivity index (χ2n) is 4.08. The lowest BCUT2D eigenvalue weighted by Crippen LogP contribution is -2.09. The van der Waals surface area contributed by atoms with E-state index >= 15 is 0 Å². The first kappa shape index (κ1) is 14.6. The van der Waals surface area contributed by atoms with E-state index in [1.165, 1.54) is 6.08 Å². The highest BCUT2D eigenvalue weighted by Crippen LogP contribution is 2.25. The smallest absolute Gasteiger partial charge is 0.249 e. The van der Waals surface area contributed by atoms with Gasteiger partial charge in [0.1, 0.15) is 5.82 Å². The molecule has 1 amide bonds. The molecule has 104 valence electrons. The van der Waals surface area contributed by atoms with Crippen LogP contribution in [0.15, 0.2) is 30.5 Å². The van der Waals surface area contributed by atoms with Gasteiger partial charge in [0.2, 0.25) is 5.91 Å². The Bertz CT molecular complexity index is 629. The summed E-state index contributed by atoms with van der Waals surface area (Å²) in [4.78, 5) is 11.8. The molecule has 0 aliphatic rings. The molecule has 0 spiro atoms. The SMILES string of the molecule is CCc1cn[nH]c1NC(=O)/C=C/c1c(Cl)cccc1Cl. The van der Waals surface area contributed by atoms with Gasteiger partial charge in [-0.25, -0.2) is 0 Å². The number of amides is 1. The molecular weight excluding hydrogens is 297 g/mol. The molecule has 0 aliphatic heterocycles. The molecule has 0 fully saturated rings. The van der Waals surface area contributed by atoms with Gasteiger partial charge >= 0.3 is 0 Å². The number of rotatable bonds is 4. The maximum absolute atomic E-state index is 11.8. The summed E-state index contributed by atoms with van der Waals surface area (Å²) in [7, 11) is 0. The van der Waals surface area contributed by atoms with Crippen LogP contribution in [0.2, 0.25) is 10.0 Å². The highest BCUT2D eigenvalue weighted by Gasteiger charge is 2.06. The van der Waals surface area contributed by atoms with Crippen LogP contribution in [0, 0.1) is 0 Å². The van der Waals surface area contributed by atoms with Crippen LogP contribution < -0.4 is 5.32 Å². The molecule has 0 radical (unpaired) electrons. The summed E-state index contributed by atoms with van der Waals surface area (Å²) in [5, 5.41) is 10.3. The zero-order valence-corrected chi connectivity index (χ0v) is 12.3. The van der Waals surface area contributed by atoms with E-state index in [9.17, 15) is 4.79 Å². The predicted molar refractivity (Wildman–Crippen MR) is 82.1 cm³/mol. The van der Waals surface area contributed by atoms with E-state index in [4.69, 9.17) is 23.2 Å². The fraction of sp³-hybridized carbons (Fsp3) is 0.143. The molecule has 0 unspecified atom stereocenters. The third-order valence-corrected chi connectivity index (χ3v) is 3.41. The number of benzene rings is 1. The van der Waals surface area contributed by atoms with E-state index in [-0.39, 0.29) is 5.91 Å². The van der Waals surface area contributed by atoms with Gasteiger partial charge in [-0.15, -0.1) is 0 Å². The van der Waals surface area contributed by atoms with Crippen LogP contribution >= 0.6 is 23.2 Å². The zero-order valence-electron chi connectivity index (χ0n) is 10.8. The van der Waals surface area contributed by atoms with Gasteiger partial charge in [-0.2, -0.15) is 5.10 Å². The Morgan fingerprint density at radius 1 is 1.40 bits per heavy atom. The first-order valence-electron chi connectivity index (χ1n) is 6.07. The number of nitrogens with zero attached hydrogens (tertiary/aromatic N) is 1. The first-order chi connectivity index (χ1) is 9.61. The average molecular weight is 310 g/mol. The van der Waals surface area contributed by atoms with E-state index in [1.54, 1.807) is 30.5 Å². The fourth-order valence-corrected chi connectivity index (χ4v) is 2.20. The van der Waals surface area contributed by atoms with Crippen molar-refractivity contribution in [2.45, 2.75) is 13.3 Å². The van der Waals surface area contributed by atoms with Crippen molar-refractivity contribution >= 4 is 41.0 Å². The van der Waals surface area contributed by atoms with Crippen molar-refractivity contribution in [1.82, 2.24) is 10.2 Å². The van der Waals surface area contributed by atoms with Gasteiger partial charge in [-0.1, -0.05) is 36.2 Å². The van der Waals surface area contributed by atoms with Crippen LogP contribution in [0.3, 0.4) is 0 Å². The van der Waals surface area contributed by atoms with Crippen molar-refractivity contribution < 1.29 is 4.79 Å². The number of anilines is 1. The number of aryl methyl sites for hydroxylation is 1. The van der Waals surface area contributed by atoms with E-state index < -0.39 is 0 Å². The lowest BCUT2D eigenvalue weighted by atomic mass is 10.2. The molecule has 0 aliphatic carbocycles. The topological polar surface area (TPSA) is 57.8 Å². The quantitative estimate of drug-likeness (QED) is 0.841. The molecule has 2 rings (SSSR count). The van der Waals surface area contributed by atoms with Crippen LogP contribution in [0.25, 0.3) is 6.08 Å². The molecule has 0 atom stereocenters. The molecule has 2 N–H and O–H groups in total. The average Bonchev–Trinajstić information content (AvgIpc) is 2.85. The van der Waals surface area contributed by atoms with Crippen molar-refractivity contribution in [2.24, 2.45) is 0 Å². The number of H-pyrrole nitrogens is 1. The van der Waals surface area contributed by atoms with Gasteiger partial charge in [-0.05, 0) is 24.6 Å². The summed E-state index contributed by atoms with van der Waals surface area (Å²) in [5.41, 5.74) is 1.56. The summed E-state index contributed by atoms with van der Waals surface area (Å²) in [5.74, 6) is 0.326. The first-order valence-corrected chi connectivity index (χ1v) is 6.82. The van der Waals surface area contributed by atoms with E-state index in [0.29, 0.717) is 21.4 Å². The number of aromatic amines is 1. The van der Waals surface area contributed by atoms with Crippen molar-refractivity contribution in [1.29, 1.82) is 0 Å². The molecule has 1 aromatic heterocycles. The highest BCUT2D eigenvalue weighted by atomic mass is 35.5. The number of halogens is 2. The normalized spacial score (nSPS) is 10.9. The molecule has 1 heterocycles. The Balaban J connectivity index is 2.10. The largest absolute Gasteiger partial charge is 0.307 e. The van der Waals surface area contributed by atoms with Crippen LogP contribution in [-0.4, -0.2) is 16.1 Å². The summed E-state index contributed by atoms with van der Waals surface area (Å²) in [6.45, 7) is 1.99. The van der Waals surface area contributed by atoms with Crippen LogP contribution in [-0.2, 0) is 11.2 Å². The van der Waals surface area contributed by atoms with Gasteiger partial charge in [0.05, 0.1) is 6.20 Å². The molecule has 0 bridgehead atoms. The summed E-state index contributed by atoms with van der Waals surface area (Å²) < 4.78 is 0. The monoisotopic (exact) mass is 309 g/mol. The van der Waals surface area contributed by atoms with Gasteiger partial charge in [-0.3, -0.25) is 9.89 Å². The Hall–Kier alpha value is -1.78. The van der Waals surface area contributed by atoms with E-state index in [1.807, 2.05) is 6.92 Å². The Labute approximate surface area is 126 Å². The minimum absolute atomic E-state index is 0.278. The third kappa shape index (κ3) is 3.40. The molecule has 4 nitrogen and oxygen atoms in total. The van der Waals surface area contributed by atoms with Gasteiger partial charge < -0.3 is 5.32 Å². The molecule has 0 saturated heterocycles. The maximum Gasteiger partial charge on any atom is 0.249 e. The van der Waals surface area contributed by atoms with Crippen LogP contribution in [0.5, 0.6) is 0 Å². The molecule has 0 saturated carbocycles. The second-order valence-corrected chi connectivity index (χ2v) is 4.90. The number of carbonyl (C=O) groups is 1. The van der Waals surface area contributed by atoms with Gasteiger partial charge in [0.15, 0.2) is 0 Å². The van der Waals surface area contributed by atoms with Crippen molar-refractivity contribution in [3.63, 3.8) is 0 Å². The molecule has 6 heteroatoms. The van der Waals surface area contributed by atoms with Gasteiger partial charge in [0.25, 0.3) is 0 Å². The van der Waals surface area contributed by atoms with E-state index in [0.717, 1.165) is 12.0 Å². The Morgan fingerprint density at radius 2 is 2.10 bits per heavy atom. The summed E-state index contributed by atoms with van der Waals surface area (Å²) in [6.07, 6.45) is 5.44. The third-order valence-electron chi connectivity index (χ3n) is 2.75. The molecular formula is C14H13Cl2N3O. The van der Waals surface area contributed by atoms with Crippen molar-refractivity contribution in [3.05, 3.63) is 51.6 Å². The van der Waals surface area contributed by atoms with Crippen LogP contribution in [0.1, 0.15) is 18.1 Å². The number of nitrogens with one attached hydrogen (secondary N) is 2. The number of aromatic nitrogens is 2. The zero-order chi connectivity index (χ0) is 14.5.